The van der Waals surface area contributed by atoms with Crippen molar-refractivity contribution in [3.63, 3.8) is 0 Å². The Morgan fingerprint density at radius 1 is 1.23 bits per heavy atom. The van der Waals surface area contributed by atoms with E-state index in [2.05, 4.69) is 26.1 Å². The van der Waals surface area contributed by atoms with Crippen molar-refractivity contribution in [1.29, 1.82) is 0 Å². The number of ether oxygens (including phenoxy) is 2. The molecule has 0 fully saturated rings. The van der Waals surface area contributed by atoms with E-state index in [1.165, 1.54) is 6.08 Å². The molecule has 0 saturated heterocycles. The van der Waals surface area contributed by atoms with E-state index in [1.807, 2.05) is 42.5 Å². The smallest absolute Gasteiger partial charge is 0.331 e. The number of hydrogen-bond donors (Lipinski definition) is 0. The predicted octanol–water partition coefficient (Wildman–Crippen LogP) is 4.26. The topological polar surface area (TPSA) is 74.5 Å². The van der Waals surface area contributed by atoms with Gasteiger partial charge in [0, 0.05) is 16.1 Å². The molecule has 0 spiro atoms. The Morgan fingerprint density at radius 2 is 2.08 bits per heavy atom. The predicted molar refractivity (Wildman–Crippen MR) is 99.3 cm³/mol. The molecule has 3 aromatic rings. The second-order valence-electron chi connectivity index (χ2n) is 5.24. The maximum absolute atomic E-state index is 11.8. The van der Waals surface area contributed by atoms with E-state index in [0.29, 0.717) is 11.6 Å². The minimum Gasteiger partial charge on any atom is -0.497 e. The lowest BCUT2D eigenvalue weighted by Crippen LogP contribution is -2.01. The lowest BCUT2D eigenvalue weighted by atomic mass is 10.2. The number of esters is 1. The van der Waals surface area contributed by atoms with Crippen molar-refractivity contribution in [2.24, 2.45) is 0 Å². The number of hydrogen-bond acceptors (Lipinski definition) is 6. The molecule has 7 heteroatoms. The quantitative estimate of drug-likeness (QED) is 0.442. The third-order valence-electron chi connectivity index (χ3n) is 3.39. The summed E-state index contributed by atoms with van der Waals surface area (Å²) in [4.78, 5) is 16.0. The van der Waals surface area contributed by atoms with Crippen molar-refractivity contribution in [3.8, 4) is 17.1 Å². The van der Waals surface area contributed by atoms with Gasteiger partial charge < -0.3 is 14.0 Å². The van der Waals surface area contributed by atoms with Crippen molar-refractivity contribution < 1.29 is 18.8 Å². The number of benzene rings is 2. The molecule has 132 valence electrons. The Labute approximate surface area is 158 Å². The van der Waals surface area contributed by atoms with Gasteiger partial charge in [0.25, 0.3) is 5.89 Å². The molecule has 0 amide bonds. The first-order chi connectivity index (χ1) is 12.6. The monoisotopic (exact) mass is 414 g/mol. The summed E-state index contributed by atoms with van der Waals surface area (Å²) in [6.45, 7) is -0.0986. The minimum atomic E-state index is -0.494. The number of carbonyl (C=O) groups is 1. The van der Waals surface area contributed by atoms with Crippen LogP contribution in [0, 0.1) is 0 Å². The van der Waals surface area contributed by atoms with Crippen molar-refractivity contribution in [3.05, 3.63) is 70.5 Å². The molecule has 26 heavy (non-hydrogen) atoms. The SMILES string of the molecule is COc1cccc(-c2noc(COC(=O)/C=C/c3cccc(Br)c3)n2)c1. The van der Waals surface area contributed by atoms with Gasteiger partial charge >= 0.3 is 5.97 Å². The second kappa shape index (κ2) is 8.44. The van der Waals surface area contributed by atoms with Crippen molar-refractivity contribution in [1.82, 2.24) is 10.1 Å². The van der Waals surface area contributed by atoms with Gasteiger partial charge in [0.2, 0.25) is 5.82 Å². The Balaban J connectivity index is 1.58. The van der Waals surface area contributed by atoms with Gasteiger partial charge in [-0.05, 0) is 35.9 Å². The first-order valence-electron chi connectivity index (χ1n) is 7.71. The van der Waals surface area contributed by atoms with Gasteiger partial charge in [0.15, 0.2) is 6.61 Å². The molecule has 0 aliphatic rings. The Bertz CT molecular complexity index is 937. The first kappa shape index (κ1) is 17.9. The number of halogens is 1. The summed E-state index contributed by atoms with van der Waals surface area (Å²) < 4.78 is 16.3. The number of aromatic nitrogens is 2. The fourth-order valence-electron chi connectivity index (χ4n) is 2.15. The van der Waals surface area contributed by atoms with Gasteiger partial charge in [-0.2, -0.15) is 4.98 Å². The van der Waals surface area contributed by atoms with Gasteiger partial charge in [-0.15, -0.1) is 0 Å². The Kier molecular flexibility index (Phi) is 5.80. The average Bonchev–Trinajstić information content (AvgIpc) is 3.14. The zero-order chi connectivity index (χ0) is 18.4. The molecule has 2 aromatic carbocycles. The van der Waals surface area contributed by atoms with E-state index in [-0.39, 0.29) is 12.5 Å². The standard InChI is InChI=1S/C19H15BrN2O4/c1-24-16-7-3-5-14(11-16)19-21-17(26-22-19)12-25-18(23)9-8-13-4-2-6-15(20)10-13/h2-11H,12H2,1H3/b9-8+. The molecule has 0 aliphatic carbocycles. The first-order valence-corrected chi connectivity index (χ1v) is 8.51. The largest absolute Gasteiger partial charge is 0.497 e. The molecular formula is C19H15BrN2O4. The number of nitrogens with zero attached hydrogens (tertiary/aromatic N) is 2. The molecular weight excluding hydrogens is 400 g/mol. The zero-order valence-electron chi connectivity index (χ0n) is 13.9. The van der Waals surface area contributed by atoms with Crippen LogP contribution in [0.3, 0.4) is 0 Å². The number of rotatable bonds is 6. The van der Waals surface area contributed by atoms with Crippen LogP contribution in [-0.4, -0.2) is 23.2 Å². The third-order valence-corrected chi connectivity index (χ3v) is 3.89. The van der Waals surface area contributed by atoms with Crippen LogP contribution >= 0.6 is 15.9 Å². The van der Waals surface area contributed by atoms with E-state index in [9.17, 15) is 4.79 Å². The van der Waals surface area contributed by atoms with E-state index >= 15 is 0 Å². The summed E-state index contributed by atoms with van der Waals surface area (Å²) in [5.74, 6) is 0.815. The lowest BCUT2D eigenvalue weighted by molar-refractivity contribution is -0.139. The second-order valence-corrected chi connectivity index (χ2v) is 6.16. The average molecular weight is 415 g/mol. The highest BCUT2D eigenvalue weighted by atomic mass is 79.9. The van der Waals surface area contributed by atoms with Crippen molar-refractivity contribution >= 4 is 28.0 Å². The van der Waals surface area contributed by atoms with Crippen molar-refractivity contribution in [2.75, 3.05) is 7.11 Å². The maximum Gasteiger partial charge on any atom is 0.331 e. The van der Waals surface area contributed by atoms with Crippen molar-refractivity contribution in [2.45, 2.75) is 6.61 Å². The zero-order valence-corrected chi connectivity index (χ0v) is 15.5. The molecule has 0 N–H and O–H groups in total. The highest BCUT2D eigenvalue weighted by molar-refractivity contribution is 9.10. The summed E-state index contributed by atoms with van der Waals surface area (Å²) in [5.41, 5.74) is 1.63. The van der Waals surface area contributed by atoms with Gasteiger partial charge in [-0.3, -0.25) is 0 Å². The molecule has 0 unspecified atom stereocenters. The van der Waals surface area contributed by atoms with Crippen LogP contribution in [0.25, 0.3) is 17.5 Å². The third kappa shape index (κ3) is 4.80. The van der Waals surface area contributed by atoms with Gasteiger partial charge in [-0.25, -0.2) is 4.79 Å². The lowest BCUT2D eigenvalue weighted by Gasteiger charge is -2.00. The molecule has 6 nitrogen and oxygen atoms in total. The molecule has 3 rings (SSSR count). The Morgan fingerprint density at radius 3 is 2.88 bits per heavy atom. The molecule has 0 saturated carbocycles. The fraction of sp³-hybridized carbons (Fsp3) is 0.105. The van der Waals surface area contributed by atoms with E-state index in [4.69, 9.17) is 14.0 Å². The Hall–Kier alpha value is -2.93. The highest BCUT2D eigenvalue weighted by Crippen LogP contribution is 2.21. The summed E-state index contributed by atoms with van der Waals surface area (Å²) in [6, 6.07) is 14.8. The van der Waals surface area contributed by atoms with Crippen LogP contribution in [0.1, 0.15) is 11.5 Å². The molecule has 1 heterocycles. The summed E-state index contributed by atoms with van der Waals surface area (Å²) in [7, 11) is 1.59. The van der Waals surface area contributed by atoms with Gasteiger partial charge in [0.05, 0.1) is 7.11 Å². The van der Waals surface area contributed by atoms with Crippen LogP contribution in [0.15, 0.2) is 63.6 Å². The van der Waals surface area contributed by atoms with E-state index in [1.54, 1.807) is 19.3 Å². The highest BCUT2D eigenvalue weighted by Gasteiger charge is 2.10. The summed E-state index contributed by atoms with van der Waals surface area (Å²) >= 11 is 3.38. The fourth-order valence-corrected chi connectivity index (χ4v) is 2.57. The van der Waals surface area contributed by atoms with Gasteiger partial charge in [0.1, 0.15) is 5.75 Å². The minimum absolute atomic E-state index is 0.0986. The van der Waals surface area contributed by atoms with Crippen LogP contribution in [0.5, 0.6) is 5.75 Å². The van der Waals surface area contributed by atoms with Crippen LogP contribution in [0.2, 0.25) is 0 Å². The van der Waals surface area contributed by atoms with Gasteiger partial charge in [-0.1, -0.05) is 45.4 Å². The summed E-state index contributed by atoms with van der Waals surface area (Å²) in [5, 5.41) is 3.89. The van der Waals surface area contributed by atoms with Crippen LogP contribution < -0.4 is 4.74 Å². The number of methoxy groups -OCH3 is 1. The van der Waals surface area contributed by atoms with Crippen LogP contribution in [0.4, 0.5) is 0 Å². The molecule has 0 radical (unpaired) electrons. The summed E-state index contributed by atoms with van der Waals surface area (Å²) in [6.07, 6.45) is 3.02. The normalized spacial score (nSPS) is 10.8. The van der Waals surface area contributed by atoms with Crippen LogP contribution in [-0.2, 0) is 16.1 Å². The number of carbonyl (C=O) groups excluding carboxylic acids is 1. The molecule has 1 aromatic heterocycles. The van der Waals surface area contributed by atoms with E-state index in [0.717, 1.165) is 15.6 Å². The molecule has 0 aliphatic heterocycles. The van der Waals surface area contributed by atoms with E-state index < -0.39 is 5.97 Å². The maximum atomic E-state index is 11.8. The molecule has 0 atom stereocenters. The molecule has 0 bridgehead atoms.